The van der Waals surface area contributed by atoms with Crippen molar-refractivity contribution in [2.45, 2.75) is 38.6 Å². The summed E-state index contributed by atoms with van der Waals surface area (Å²) < 4.78 is 1.43. The zero-order valence-corrected chi connectivity index (χ0v) is 11.8. The van der Waals surface area contributed by atoms with E-state index in [4.69, 9.17) is 0 Å². The van der Waals surface area contributed by atoms with Crippen LogP contribution in [0.4, 0.5) is 0 Å². The molecule has 0 bridgehead atoms. The van der Waals surface area contributed by atoms with Gasteiger partial charge in [-0.05, 0) is 55.7 Å². The van der Waals surface area contributed by atoms with E-state index in [1.807, 2.05) is 11.3 Å². The fraction of sp³-hybridized carbons (Fsp3) is 0.500. The van der Waals surface area contributed by atoms with E-state index in [9.17, 15) is 0 Å². The van der Waals surface area contributed by atoms with Gasteiger partial charge in [0, 0.05) is 15.6 Å². The third-order valence-corrected chi connectivity index (χ3v) is 5.15. The van der Waals surface area contributed by atoms with E-state index in [0.717, 1.165) is 12.0 Å². The monoisotopic (exact) mass is 259 g/mol. The molecule has 0 aliphatic carbocycles. The lowest BCUT2D eigenvalue weighted by Crippen LogP contribution is -2.37. The van der Waals surface area contributed by atoms with Crippen LogP contribution in [0.1, 0.15) is 31.1 Å². The van der Waals surface area contributed by atoms with E-state index in [-0.39, 0.29) is 0 Å². The predicted molar refractivity (Wildman–Crippen MR) is 80.3 cm³/mol. The summed E-state index contributed by atoms with van der Waals surface area (Å²) in [7, 11) is 0. The van der Waals surface area contributed by atoms with Crippen molar-refractivity contribution in [2.75, 3.05) is 6.54 Å². The van der Waals surface area contributed by atoms with Crippen molar-refractivity contribution in [1.29, 1.82) is 0 Å². The number of thiophene rings is 1. The quantitative estimate of drug-likeness (QED) is 0.870. The van der Waals surface area contributed by atoms with Crippen LogP contribution in [0.5, 0.6) is 0 Å². The molecule has 0 radical (unpaired) electrons. The molecule has 3 rings (SSSR count). The molecule has 2 atom stereocenters. The summed E-state index contributed by atoms with van der Waals surface area (Å²) in [6.07, 6.45) is 5.21. The SMILES string of the molecule is CC1CCNC(CCc2cc3ccccc3s2)C1. The Bertz CT molecular complexity index is 484. The van der Waals surface area contributed by atoms with Crippen molar-refractivity contribution in [3.8, 4) is 0 Å². The van der Waals surface area contributed by atoms with E-state index in [2.05, 4.69) is 42.6 Å². The molecule has 0 amide bonds. The maximum atomic E-state index is 3.66. The summed E-state index contributed by atoms with van der Waals surface area (Å²) >= 11 is 1.96. The van der Waals surface area contributed by atoms with Gasteiger partial charge in [-0.1, -0.05) is 25.1 Å². The molecule has 2 heteroatoms. The van der Waals surface area contributed by atoms with Gasteiger partial charge in [-0.3, -0.25) is 0 Å². The van der Waals surface area contributed by atoms with Crippen LogP contribution in [0.3, 0.4) is 0 Å². The molecule has 96 valence electrons. The first kappa shape index (κ1) is 12.2. The summed E-state index contributed by atoms with van der Waals surface area (Å²) in [5.41, 5.74) is 0. The second-order valence-electron chi connectivity index (χ2n) is 5.57. The van der Waals surface area contributed by atoms with Crippen LogP contribution in [0.15, 0.2) is 30.3 Å². The lowest BCUT2D eigenvalue weighted by atomic mass is 9.92. The van der Waals surface area contributed by atoms with Crippen LogP contribution in [0, 0.1) is 5.92 Å². The zero-order chi connectivity index (χ0) is 12.4. The molecule has 2 unspecified atom stereocenters. The molecule has 1 aromatic carbocycles. The van der Waals surface area contributed by atoms with E-state index in [0.29, 0.717) is 0 Å². The van der Waals surface area contributed by atoms with E-state index >= 15 is 0 Å². The zero-order valence-electron chi connectivity index (χ0n) is 11.0. The van der Waals surface area contributed by atoms with Gasteiger partial charge in [-0.25, -0.2) is 0 Å². The van der Waals surface area contributed by atoms with Crippen molar-refractivity contribution < 1.29 is 0 Å². The van der Waals surface area contributed by atoms with E-state index in [1.165, 1.54) is 47.2 Å². The van der Waals surface area contributed by atoms with Gasteiger partial charge >= 0.3 is 0 Å². The fourth-order valence-corrected chi connectivity index (χ4v) is 4.00. The van der Waals surface area contributed by atoms with Crippen LogP contribution in [-0.4, -0.2) is 12.6 Å². The maximum absolute atomic E-state index is 3.66. The minimum atomic E-state index is 0.735. The Morgan fingerprint density at radius 2 is 2.22 bits per heavy atom. The van der Waals surface area contributed by atoms with Gasteiger partial charge < -0.3 is 5.32 Å². The van der Waals surface area contributed by atoms with Gasteiger partial charge in [0.25, 0.3) is 0 Å². The Morgan fingerprint density at radius 3 is 3.06 bits per heavy atom. The first-order valence-corrected chi connectivity index (χ1v) is 7.84. The maximum Gasteiger partial charge on any atom is 0.0345 e. The molecular weight excluding hydrogens is 238 g/mol. The summed E-state index contributed by atoms with van der Waals surface area (Å²) in [6.45, 7) is 3.59. The number of piperidine rings is 1. The standard InChI is InChI=1S/C16H21NS/c1-12-8-9-17-14(10-12)6-7-15-11-13-4-2-3-5-16(13)18-15/h2-5,11-12,14,17H,6-10H2,1H3. The van der Waals surface area contributed by atoms with Gasteiger partial charge in [-0.2, -0.15) is 0 Å². The highest BCUT2D eigenvalue weighted by Crippen LogP contribution is 2.27. The Kier molecular flexibility index (Phi) is 3.67. The van der Waals surface area contributed by atoms with Gasteiger partial charge in [0.1, 0.15) is 0 Å². The number of nitrogens with one attached hydrogen (secondary N) is 1. The highest BCUT2D eigenvalue weighted by molar-refractivity contribution is 7.19. The van der Waals surface area contributed by atoms with Crippen molar-refractivity contribution >= 4 is 21.4 Å². The minimum Gasteiger partial charge on any atom is -0.314 e. The Morgan fingerprint density at radius 1 is 1.33 bits per heavy atom. The third-order valence-electron chi connectivity index (χ3n) is 3.97. The Hall–Kier alpha value is -0.860. The number of rotatable bonds is 3. The molecule has 2 heterocycles. The molecule has 1 N–H and O–H groups in total. The minimum absolute atomic E-state index is 0.735. The second-order valence-corrected chi connectivity index (χ2v) is 6.74. The Balaban J connectivity index is 1.62. The molecule has 1 aliphatic rings. The van der Waals surface area contributed by atoms with Gasteiger partial charge in [0.2, 0.25) is 0 Å². The van der Waals surface area contributed by atoms with Crippen LogP contribution >= 0.6 is 11.3 Å². The summed E-state index contributed by atoms with van der Waals surface area (Å²) in [5, 5.41) is 5.06. The van der Waals surface area contributed by atoms with Crippen LogP contribution in [0.25, 0.3) is 10.1 Å². The molecule has 1 saturated heterocycles. The molecule has 1 aromatic heterocycles. The average molecular weight is 259 g/mol. The molecule has 1 fully saturated rings. The second kappa shape index (κ2) is 5.41. The number of fused-ring (bicyclic) bond motifs is 1. The van der Waals surface area contributed by atoms with Gasteiger partial charge in [-0.15, -0.1) is 11.3 Å². The fourth-order valence-electron chi connectivity index (χ4n) is 2.92. The molecule has 2 aromatic rings. The first-order valence-electron chi connectivity index (χ1n) is 7.02. The van der Waals surface area contributed by atoms with E-state index in [1.54, 1.807) is 0 Å². The smallest absolute Gasteiger partial charge is 0.0345 e. The number of hydrogen-bond acceptors (Lipinski definition) is 2. The number of aryl methyl sites for hydroxylation is 1. The summed E-state index contributed by atoms with van der Waals surface area (Å²) in [5.74, 6) is 0.902. The van der Waals surface area contributed by atoms with Gasteiger partial charge in [0.15, 0.2) is 0 Å². The normalized spacial score (nSPS) is 24.5. The van der Waals surface area contributed by atoms with Crippen molar-refractivity contribution in [3.63, 3.8) is 0 Å². The molecule has 0 saturated carbocycles. The number of benzene rings is 1. The van der Waals surface area contributed by atoms with Crippen LogP contribution in [0.2, 0.25) is 0 Å². The van der Waals surface area contributed by atoms with E-state index < -0.39 is 0 Å². The van der Waals surface area contributed by atoms with Gasteiger partial charge in [0.05, 0.1) is 0 Å². The molecule has 0 spiro atoms. The van der Waals surface area contributed by atoms with Crippen molar-refractivity contribution in [2.24, 2.45) is 5.92 Å². The average Bonchev–Trinajstić information content (AvgIpc) is 2.79. The number of hydrogen-bond donors (Lipinski definition) is 1. The highest BCUT2D eigenvalue weighted by atomic mass is 32.1. The largest absolute Gasteiger partial charge is 0.314 e. The van der Waals surface area contributed by atoms with Crippen LogP contribution in [-0.2, 0) is 6.42 Å². The lowest BCUT2D eigenvalue weighted by molar-refractivity contribution is 0.308. The molecular formula is C16H21NS. The summed E-state index contributed by atoms with van der Waals surface area (Å²) in [4.78, 5) is 1.54. The third kappa shape index (κ3) is 2.76. The summed E-state index contributed by atoms with van der Waals surface area (Å²) in [6, 6.07) is 11.8. The molecule has 1 aliphatic heterocycles. The lowest BCUT2D eigenvalue weighted by Gasteiger charge is -2.28. The van der Waals surface area contributed by atoms with Crippen molar-refractivity contribution in [3.05, 3.63) is 35.2 Å². The predicted octanol–water partition coefficient (Wildman–Crippen LogP) is 4.22. The first-order chi connectivity index (χ1) is 8.81. The molecule has 1 nitrogen and oxygen atoms in total. The van der Waals surface area contributed by atoms with Crippen LogP contribution < -0.4 is 5.32 Å². The topological polar surface area (TPSA) is 12.0 Å². The molecule has 18 heavy (non-hydrogen) atoms. The van der Waals surface area contributed by atoms with Crippen molar-refractivity contribution in [1.82, 2.24) is 5.32 Å². The highest BCUT2D eigenvalue weighted by Gasteiger charge is 2.17. The Labute approximate surface area is 113 Å².